The third kappa shape index (κ3) is 3.88. The summed E-state index contributed by atoms with van der Waals surface area (Å²) in [7, 11) is 0. The summed E-state index contributed by atoms with van der Waals surface area (Å²) in [6, 6.07) is 12.2. The van der Waals surface area contributed by atoms with Crippen molar-refractivity contribution in [3.8, 4) is 17.3 Å². The molecule has 26 heavy (non-hydrogen) atoms. The second-order valence-electron chi connectivity index (χ2n) is 7.53. The maximum Gasteiger partial charge on any atom is 0.410 e. The van der Waals surface area contributed by atoms with Gasteiger partial charge >= 0.3 is 6.09 Å². The van der Waals surface area contributed by atoms with Crippen LogP contribution in [0.5, 0.6) is 0 Å². The summed E-state index contributed by atoms with van der Waals surface area (Å²) in [5, 5.41) is 9.65. The van der Waals surface area contributed by atoms with Gasteiger partial charge in [-0.05, 0) is 33.6 Å². The van der Waals surface area contributed by atoms with Gasteiger partial charge in [0.1, 0.15) is 23.1 Å². The van der Waals surface area contributed by atoms with Crippen molar-refractivity contribution in [1.29, 1.82) is 5.26 Å². The zero-order valence-corrected chi connectivity index (χ0v) is 15.5. The molecule has 1 aliphatic heterocycles. The number of likely N-dealkylation sites (tertiary alicyclic amines) is 1. The third-order valence-electron chi connectivity index (χ3n) is 4.46. The SMILES string of the molecule is CC(C)(C)OC(=O)N1CCC(n2cnc(-c3ccccc3)c2C#N)CC1. The fraction of sp³-hybridized carbons (Fsp3) is 0.450. The largest absolute Gasteiger partial charge is 0.444 e. The minimum atomic E-state index is -0.489. The van der Waals surface area contributed by atoms with Crippen LogP contribution < -0.4 is 0 Å². The Kier molecular flexibility index (Phi) is 4.99. The summed E-state index contributed by atoms with van der Waals surface area (Å²) >= 11 is 0. The van der Waals surface area contributed by atoms with E-state index in [2.05, 4.69) is 11.1 Å². The minimum absolute atomic E-state index is 0.160. The average Bonchev–Trinajstić information content (AvgIpc) is 3.05. The van der Waals surface area contributed by atoms with Gasteiger partial charge in [0, 0.05) is 24.7 Å². The molecule has 1 aliphatic rings. The van der Waals surface area contributed by atoms with Crippen molar-refractivity contribution in [1.82, 2.24) is 14.5 Å². The number of hydrogen-bond donors (Lipinski definition) is 0. The molecular formula is C20H24N4O2. The molecule has 0 unspecified atom stereocenters. The fourth-order valence-corrected chi connectivity index (χ4v) is 3.21. The van der Waals surface area contributed by atoms with Crippen LogP contribution in [0.2, 0.25) is 0 Å². The molecule has 2 heterocycles. The van der Waals surface area contributed by atoms with Gasteiger partial charge in [0.2, 0.25) is 0 Å². The van der Waals surface area contributed by atoms with E-state index < -0.39 is 5.60 Å². The predicted octanol–water partition coefficient (Wildman–Crippen LogP) is 3.99. The molecule has 1 amide bonds. The highest BCUT2D eigenvalue weighted by molar-refractivity contribution is 5.68. The summed E-state index contributed by atoms with van der Waals surface area (Å²) in [5.74, 6) is 0. The summed E-state index contributed by atoms with van der Waals surface area (Å²) < 4.78 is 7.39. The van der Waals surface area contributed by atoms with Gasteiger partial charge in [-0.1, -0.05) is 30.3 Å². The molecule has 0 saturated carbocycles. The van der Waals surface area contributed by atoms with Crippen LogP contribution in [0.25, 0.3) is 11.3 Å². The molecule has 1 fully saturated rings. The fourth-order valence-electron chi connectivity index (χ4n) is 3.21. The quantitative estimate of drug-likeness (QED) is 0.819. The maximum atomic E-state index is 12.2. The van der Waals surface area contributed by atoms with Crippen molar-refractivity contribution in [2.75, 3.05) is 13.1 Å². The Balaban J connectivity index is 1.72. The zero-order valence-electron chi connectivity index (χ0n) is 15.5. The van der Waals surface area contributed by atoms with Crippen LogP contribution in [0, 0.1) is 11.3 Å². The summed E-state index contributed by atoms with van der Waals surface area (Å²) in [4.78, 5) is 18.4. The van der Waals surface area contributed by atoms with Crippen LogP contribution >= 0.6 is 0 Å². The first-order valence-electron chi connectivity index (χ1n) is 8.89. The Hall–Kier alpha value is -2.81. The molecule has 1 saturated heterocycles. The molecule has 0 bridgehead atoms. The molecule has 0 radical (unpaired) electrons. The molecular weight excluding hydrogens is 328 g/mol. The number of carbonyl (C=O) groups is 1. The van der Waals surface area contributed by atoms with Gasteiger partial charge in [0.25, 0.3) is 0 Å². The molecule has 2 aromatic rings. The Morgan fingerprint density at radius 3 is 2.46 bits per heavy atom. The Morgan fingerprint density at radius 1 is 1.23 bits per heavy atom. The van der Waals surface area contributed by atoms with Gasteiger partial charge in [-0.25, -0.2) is 9.78 Å². The van der Waals surface area contributed by atoms with Gasteiger partial charge in [-0.3, -0.25) is 0 Å². The van der Waals surface area contributed by atoms with Gasteiger partial charge in [-0.2, -0.15) is 5.26 Å². The number of piperidine rings is 1. The number of ether oxygens (including phenoxy) is 1. The second kappa shape index (κ2) is 7.20. The van der Waals surface area contributed by atoms with Gasteiger partial charge in [0.15, 0.2) is 0 Å². The van der Waals surface area contributed by atoms with E-state index in [-0.39, 0.29) is 12.1 Å². The first-order chi connectivity index (χ1) is 12.4. The molecule has 0 aliphatic carbocycles. The van der Waals surface area contributed by atoms with E-state index in [0.29, 0.717) is 24.5 Å². The van der Waals surface area contributed by atoms with Crippen molar-refractivity contribution in [2.45, 2.75) is 45.3 Å². The van der Waals surface area contributed by atoms with E-state index in [0.717, 1.165) is 18.4 Å². The highest BCUT2D eigenvalue weighted by Crippen LogP contribution is 2.29. The summed E-state index contributed by atoms with van der Waals surface area (Å²) in [6.07, 6.45) is 3.03. The third-order valence-corrected chi connectivity index (χ3v) is 4.46. The summed E-state index contributed by atoms with van der Waals surface area (Å²) in [5.41, 5.74) is 1.74. The summed E-state index contributed by atoms with van der Waals surface area (Å²) in [6.45, 7) is 6.83. The number of rotatable bonds is 2. The topological polar surface area (TPSA) is 71.2 Å². The van der Waals surface area contributed by atoms with Crippen LogP contribution in [-0.4, -0.2) is 39.2 Å². The van der Waals surface area contributed by atoms with Crippen molar-refractivity contribution in [3.05, 3.63) is 42.4 Å². The molecule has 6 nitrogen and oxygen atoms in total. The molecule has 1 aromatic carbocycles. The number of carbonyl (C=O) groups excluding carboxylic acids is 1. The van der Waals surface area contributed by atoms with Crippen molar-refractivity contribution >= 4 is 6.09 Å². The van der Waals surface area contributed by atoms with Crippen LogP contribution in [0.3, 0.4) is 0 Å². The van der Waals surface area contributed by atoms with E-state index in [1.165, 1.54) is 0 Å². The van der Waals surface area contributed by atoms with E-state index in [1.807, 2.05) is 55.7 Å². The van der Waals surface area contributed by atoms with Gasteiger partial charge in [0.05, 0.1) is 6.33 Å². The van der Waals surface area contributed by atoms with Crippen LogP contribution in [0.1, 0.15) is 45.3 Å². The first kappa shape index (κ1) is 18.0. The van der Waals surface area contributed by atoms with Crippen LogP contribution in [0.15, 0.2) is 36.7 Å². The Morgan fingerprint density at radius 2 is 1.88 bits per heavy atom. The number of nitrogens with zero attached hydrogens (tertiary/aromatic N) is 4. The van der Waals surface area contributed by atoms with Gasteiger partial charge in [-0.15, -0.1) is 0 Å². The highest BCUT2D eigenvalue weighted by Gasteiger charge is 2.29. The monoisotopic (exact) mass is 352 g/mol. The van der Waals surface area contributed by atoms with Crippen molar-refractivity contribution in [3.63, 3.8) is 0 Å². The molecule has 136 valence electrons. The lowest BCUT2D eigenvalue weighted by Gasteiger charge is -2.34. The molecule has 0 spiro atoms. The molecule has 0 atom stereocenters. The van der Waals surface area contributed by atoms with Crippen LogP contribution in [0.4, 0.5) is 4.79 Å². The number of hydrogen-bond acceptors (Lipinski definition) is 4. The molecule has 6 heteroatoms. The lowest BCUT2D eigenvalue weighted by atomic mass is 10.0. The lowest BCUT2D eigenvalue weighted by molar-refractivity contribution is 0.0188. The normalized spacial score (nSPS) is 15.5. The number of nitriles is 1. The number of aromatic nitrogens is 2. The average molecular weight is 352 g/mol. The standard InChI is InChI=1S/C20H24N4O2/c1-20(2,3)26-19(25)23-11-9-16(10-12-23)24-14-22-18(17(24)13-21)15-7-5-4-6-8-15/h4-8,14,16H,9-12H2,1-3H3. The van der Waals surface area contributed by atoms with E-state index in [4.69, 9.17) is 4.74 Å². The predicted molar refractivity (Wildman–Crippen MR) is 98.5 cm³/mol. The van der Waals surface area contributed by atoms with E-state index in [1.54, 1.807) is 11.2 Å². The van der Waals surface area contributed by atoms with Crippen LogP contribution in [-0.2, 0) is 4.74 Å². The first-order valence-corrected chi connectivity index (χ1v) is 8.89. The Labute approximate surface area is 154 Å². The smallest absolute Gasteiger partial charge is 0.410 e. The molecule has 1 aromatic heterocycles. The minimum Gasteiger partial charge on any atom is -0.444 e. The van der Waals surface area contributed by atoms with Crippen molar-refractivity contribution < 1.29 is 9.53 Å². The number of imidazole rings is 1. The number of amides is 1. The highest BCUT2D eigenvalue weighted by atomic mass is 16.6. The second-order valence-corrected chi connectivity index (χ2v) is 7.53. The van der Waals surface area contributed by atoms with E-state index in [9.17, 15) is 10.1 Å². The molecule has 3 rings (SSSR count). The Bertz CT molecular complexity index is 807. The van der Waals surface area contributed by atoms with Crippen molar-refractivity contribution in [2.24, 2.45) is 0 Å². The zero-order chi connectivity index (χ0) is 18.7. The maximum absolute atomic E-state index is 12.2. The number of benzene rings is 1. The molecule has 0 N–H and O–H groups in total. The van der Waals surface area contributed by atoms with Gasteiger partial charge < -0.3 is 14.2 Å². The lowest BCUT2D eigenvalue weighted by Crippen LogP contribution is -2.42. The van der Waals surface area contributed by atoms with E-state index >= 15 is 0 Å².